The average Bonchev–Trinajstić information content (AvgIpc) is 2.39. The summed E-state index contributed by atoms with van der Waals surface area (Å²) in [5, 5.41) is 3.26. The number of ether oxygens (including phenoxy) is 1. The van der Waals surface area contributed by atoms with Gasteiger partial charge in [0.2, 0.25) is 10.0 Å². The first-order valence-electron chi connectivity index (χ1n) is 6.98. The summed E-state index contributed by atoms with van der Waals surface area (Å²) in [5.41, 5.74) is 0. The average molecular weight is 298 g/mol. The zero-order valence-electron chi connectivity index (χ0n) is 11.9. The van der Waals surface area contributed by atoms with Crippen LogP contribution in [0.3, 0.4) is 0 Å². The second kappa shape index (κ2) is 6.56. The smallest absolute Gasteiger partial charge is 0.244 e. The van der Waals surface area contributed by atoms with E-state index in [2.05, 4.69) is 10.0 Å². The summed E-state index contributed by atoms with van der Waals surface area (Å²) in [6, 6.07) is 6.64. The zero-order chi connectivity index (χ0) is 14.6. The van der Waals surface area contributed by atoms with E-state index >= 15 is 0 Å². The molecule has 1 aromatic rings. The van der Waals surface area contributed by atoms with Crippen LogP contribution in [0.4, 0.5) is 0 Å². The summed E-state index contributed by atoms with van der Waals surface area (Å²) >= 11 is 0. The van der Waals surface area contributed by atoms with E-state index in [0.29, 0.717) is 5.75 Å². The molecule has 0 unspecified atom stereocenters. The monoisotopic (exact) mass is 298 g/mol. The molecule has 0 aromatic heterocycles. The van der Waals surface area contributed by atoms with Crippen LogP contribution in [-0.4, -0.2) is 33.7 Å². The molecule has 0 spiro atoms. The highest BCUT2D eigenvalue weighted by molar-refractivity contribution is 7.89. The van der Waals surface area contributed by atoms with Crippen LogP contribution in [0.5, 0.6) is 5.75 Å². The van der Waals surface area contributed by atoms with Crippen molar-refractivity contribution in [2.75, 3.05) is 13.1 Å². The third-order valence-corrected chi connectivity index (χ3v) is 4.77. The first-order valence-corrected chi connectivity index (χ1v) is 8.46. The molecule has 2 N–H and O–H groups in total. The van der Waals surface area contributed by atoms with Crippen molar-refractivity contribution in [3.63, 3.8) is 0 Å². The molecule has 0 radical (unpaired) electrons. The van der Waals surface area contributed by atoms with E-state index in [9.17, 15) is 8.42 Å². The normalized spacial score (nSPS) is 20.1. The van der Waals surface area contributed by atoms with Crippen LogP contribution in [0.2, 0.25) is 0 Å². The van der Waals surface area contributed by atoms with E-state index < -0.39 is 10.0 Å². The van der Waals surface area contributed by atoms with Crippen LogP contribution in [0.15, 0.2) is 29.2 Å². The second-order valence-corrected chi connectivity index (χ2v) is 6.99. The van der Waals surface area contributed by atoms with Gasteiger partial charge in [-0.2, -0.15) is 0 Å². The molecule has 1 saturated heterocycles. The fraction of sp³-hybridized carbons (Fsp3) is 0.571. The number of para-hydroxylation sites is 1. The molecule has 0 amide bonds. The number of sulfonamides is 1. The van der Waals surface area contributed by atoms with E-state index in [0.717, 1.165) is 25.9 Å². The van der Waals surface area contributed by atoms with Crippen LogP contribution < -0.4 is 14.8 Å². The predicted octanol–water partition coefficient (Wildman–Crippen LogP) is 1.50. The van der Waals surface area contributed by atoms with Crippen LogP contribution in [0.1, 0.15) is 26.7 Å². The number of hydrogen-bond acceptors (Lipinski definition) is 4. The molecular formula is C14H22N2O3S. The molecule has 5 nitrogen and oxygen atoms in total. The van der Waals surface area contributed by atoms with E-state index in [-0.39, 0.29) is 17.0 Å². The van der Waals surface area contributed by atoms with Crippen molar-refractivity contribution in [2.24, 2.45) is 0 Å². The molecule has 112 valence electrons. The van der Waals surface area contributed by atoms with Crippen molar-refractivity contribution in [1.29, 1.82) is 0 Å². The van der Waals surface area contributed by atoms with Crippen molar-refractivity contribution in [3.8, 4) is 5.75 Å². The van der Waals surface area contributed by atoms with Crippen LogP contribution >= 0.6 is 0 Å². The summed E-state index contributed by atoms with van der Waals surface area (Å²) in [7, 11) is -3.54. The fourth-order valence-electron chi connectivity index (χ4n) is 2.24. The standard InChI is InChI=1S/C14H22N2O3S/c1-11(2)16-20(17,18)14-8-4-3-7-13(14)19-12-6-5-9-15-10-12/h3-4,7-8,11-12,15-16H,5-6,9-10H2,1-2H3/t12-/m0/s1. The minimum Gasteiger partial charge on any atom is -0.488 e. The van der Waals surface area contributed by atoms with Crippen LogP contribution in [0, 0.1) is 0 Å². The minimum absolute atomic E-state index is 0.0270. The molecular weight excluding hydrogens is 276 g/mol. The number of hydrogen-bond donors (Lipinski definition) is 2. The molecule has 1 aliphatic heterocycles. The van der Waals surface area contributed by atoms with Gasteiger partial charge in [0.1, 0.15) is 16.7 Å². The Morgan fingerprint density at radius 2 is 2.10 bits per heavy atom. The molecule has 2 rings (SSSR count). The Morgan fingerprint density at radius 3 is 2.75 bits per heavy atom. The highest BCUT2D eigenvalue weighted by Gasteiger charge is 2.22. The Morgan fingerprint density at radius 1 is 1.35 bits per heavy atom. The van der Waals surface area contributed by atoms with Crippen molar-refractivity contribution < 1.29 is 13.2 Å². The highest BCUT2D eigenvalue weighted by atomic mass is 32.2. The summed E-state index contributed by atoms with van der Waals surface area (Å²) in [6.45, 7) is 5.35. The van der Waals surface area contributed by atoms with Gasteiger partial charge >= 0.3 is 0 Å². The predicted molar refractivity (Wildman–Crippen MR) is 78.4 cm³/mol. The summed E-state index contributed by atoms with van der Waals surface area (Å²) in [5.74, 6) is 0.425. The third-order valence-electron chi connectivity index (χ3n) is 3.07. The van der Waals surface area contributed by atoms with E-state index in [1.165, 1.54) is 0 Å². The van der Waals surface area contributed by atoms with Gasteiger partial charge in [-0.05, 0) is 45.4 Å². The lowest BCUT2D eigenvalue weighted by molar-refractivity contribution is 0.163. The lowest BCUT2D eigenvalue weighted by Gasteiger charge is -2.25. The Bertz CT molecular complexity index is 537. The highest BCUT2D eigenvalue weighted by Crippen LogP contribution is 2.25. The van der Waals surface area contributed by atoms with Gasteiger partial charge in [0.15, 0.2) is 0 Å². The summed E-state index contributed by atoms with van der Waals surface area (Å²) in [6.07, 6.45) is 2.02. The number of nitrogens with one attached hydrogen (secondary N) is 2. The van der Waals surface area contributed by atoms with Gasteiger partial charge in [-0.1, -0.05) is 12.1 Å². The Kier molecular flexibility index (Phi) is 5.01. The van der Waals surface area contributed by atoms with Crippen molar-refractivity contribution >= 4 is 10.0 Å². The quantitative estimate of drug-likeness (QED) is 0.864. The number of rotatable bonds is 5. The van der Waals surface area contributed by atoms with E-state index in [1.807, 2.05) is 0 Å². The molecule has 6 heteroatoms. The van der Waals surface area contributed by atoms with Crippen LogP contribution in [0.25, 0.3) is 0 Å². The van der Waals surface area contributed by atoms with E-state index in [1.54, 1.807) is 38.1 Å². The van der Waals surface area contributed by atoms with Crippen molar-refractivity contribution in [2.45, 2.75) is 43.7 Å². The van der Waals surface area contributed by atoms with Gasteiger partial charge in [-0.15, -0.1) is 0 Å². The lowest BCUT2D eigenvalue weighted by atomic mass is 10.1. The lowest BCUT2D eigenvalue weighted by Crippen LogP contribution is -2.37. The molecule has 0 bridgehead atoms. The minimum atomic E-state index is -3.54. The Hall–Kier alpha value is -1.11. The third kappa shape index (κ3) is 3.94. The van der Waals surface area contributed by atoms with Crippen molar-refractivity contribution in [3.05, 3.63) is 24.3 Å². The first-order chi connectivity index (χ1) is 9.49. The maximum absolute atomic E-state index is 12.3. The first kappa shape index (κ1) is 15.3. The largest absolute Gasteiger partial charge is 0.488 e. The van der Waals surface area contributed by atoms with E-state index in [4.69, 9.17) is 4.74 Å². The molecule has 1 heterocycles. The summed E-state index contributed by atoms with van der Waals surface area (Å²) in [4.78, 5) is 0.208. The molecule has 1 aliphatic rings. The summed E-state index contributed by atoms with van der Waals surface area (Å²) < 4.78 is 33.1. The van der Waals surface area contributed by atoms with Gasteiger partial charge in [0, 0.05) is 12.6 Å². The molecule has 20 heavy (non-hydrogen) atoms. The molecule has 1 aromatic carbocycles. The fourth-order valence-corrected chi connectivity index (χ4v) is 3.63. The topological polar surface area (TPSA) is 67.4 Å². The molecule has 1 atom stereocenters. The van der Waals surface area contributed by atoms with Gasteiger partial charge in [-0.3, -0.25) is 0 Å². The molecule has 0 saturated carbocycles. The van der Waals surface area contributed by atoms with Crippen LogP contribution in [-0.2, 0) is 10.0 Å². The maximum atomic E-state index is 12.3. The number of piperidine rings is 1. The molecule has 0 aliphatic carbocycles. The zero-order valence-corrected chi connectivity index (χ0v) is 12.7. The number of benzene rings is 1. The van der Waals surface area contributed by atoms with Gasteiger partial charge in [0.05, 0.1) is 0 Å². The molecule has 1 fully saturated rings. The maximum Gasteiger partial charge on any atom is 0.244 e. The van der Waals surface area contributed by atoms with Gasteiger partial charge in [0.25, 0.3) is 0 Å². The van der Waals surface area contributed by atoms with Gasteiger partial charge in [-0.25, -0.2) is 13.1 Å². The SMILES string of the molecule is CC(C)NS(=O)(=O)c1ccccc1O[C@H]1CCCNC1. The second-order valence-electron chi connectivity index (χ2n) is 5.31. The van der Waals surface area contributed by atoms with Gasteiger partial charge < -0.3 is 10.1 Å². The Labute approximate surface area is 120 Å². The Balaban J connectivity index is 2.21. The van der Waals surface area contributed by atoms with Crippen molar-refractivity contribution in [1.82, 2.24) is 10.0 Å².